The zero-order chi connectivity index (χ0) is 25.6. The monoisotopic (exact) mass is 470 g/mol. The maximum Gasteiger partial charge on any atom is 0.238 e. The number of nitrogens with one attached hydrogen (secondary N) is 1. The molecule has 1 N–H and O–H groups in total. The molecule has 0 fully saturated rings. The van der Waals surface area contributed by atoms with Crippen molar-refractivity contribution in [1.29, 1.82) is 0 Å². The molecule has 7 heteroatoms. The number of Topliss-reactive ketones (excluding diaryl/α,β-unsaturated/α-hetero) is 2. The molecule has 0 heterocycles. The van der Waals surface area contributed by atoms with E-state index in [2.05, 4.69) is 5.32 Å². The number of carbonyl (C=O) groups excluding carboxylic acids is 3. The molecule has 3 atom stereocenters. The second kappa shape index (κ2) is 17.2. The number of rotatable bonds is 19. The number of likely N-dealkylation sites (N-methyl/N-ethyl adjacent to an activating group) is 1. The normalized spacial score (nSPS) is 14.7. The molecular formula is C26H50N2O5. The van der Waals surface area contributed by atoms with Crippen molar-refractivity contribution < 1.29 is 23.9 Å². The molecular weight excluding hydrogens is 420 g/mol. The Morgan fingerprint density at radius 3 is 1.91 bits per heavy atom. The van der Waals surface area contributed by atoms with Gasteiger partial charge in [0.1, 0.15) is 5.78 Å². The van der Waals surface area contributed by atoms with Gasteiger partial charge < -0.3 is 14.8 Å². The molecule has 0 saturated carbocycles. The van der Waals surface area contributed by atoms with E-state index in [0.717, 1.165) is 12.8 Å². The summed E-state index contributed by atoms with van der Waals surface area (Å²) < 4.78 is 11.3. The Hall–Kier alpha value is -1.31. The number of amides is 1. The van der Waals surface area contributed by atoms with Gasteiger partial charge in [-0.05, 0) is 31.7 Å². The fraction of sp³-hybridized carbons (Fsp3) is 0.885. The van der Waals surface area contributed by atoms with E-state index >= 15 is 0 Å². The fourth-order valence-corrected chi connectivity index (χ4v) is 3.85. The van der Waals surface area contributed by atoms with Crippen molar-refractivity contribution in [3.8, 4) is 0 Å². The average molecular weight is 471 g/mol. The molecule has 0 rings (SSSR count). The molecule has 1 unspecified atom stereocenters. The van der Waals surface area contributed by atoms with Gasteiger partial charge in [-0.25, -0.2) is 0 Å². The van der Waals surface area contributed by atoms with Crippen LogP contribution in [0.1, 0.15) is 74.7 Å². The van der Waals surface area contributed by atoms with E-state index in [4.69, 9.17) is 9.47 Å². The topological polar surface area (TPSA) is 84.9 Å². The Morgan fingerprint density at radius 1 is 0.848 bits per heavy atom. The third-order valence-corrected chi connectivity index (χ3v) is 6.00. The van der Waals surface area contributed by atoms with Crippen LogP contribution in [0, 0.1) is 23.7 Å². The summed E-state index contributed by atoms with van der Waals surface area (Å²) in [4.78, 5) is 39.1. The highest BCUT2D eigenvalue weighted by atomic mass is 16.5. The zero-order valence-corrected chi connectivity index (χ0v) is 22.6. The van der Waals surface area contributed by atoms with Gasteiger partial charge in [-0.1, -0.05) is 55.4 Å². The van der Waals surface area contributed by atoms with Crippen LogP contribution in [-0.2, 0) is 23.9 Å². The number of ketones is 2. The van der Waals surface area contributed by atoms with Gasteiger partial charge in [0, 0.05) is 31.4 Å². The predicted octanol–water partition coefficient (Wildman–Crippen LogP) is 3.74. The SMILES string of the molecule is CCC(=O)C(C)CCCOCCOCCN(C)[C@H](C(=O)N[C@H](C(=O)C(C)C)C(C)C)C(C)C. The molecule has 0 aromatic carbocycles. The second-order valence-corrected chi connectivity index (χ2v) is 10.0. The highest BCUT2D eigenvalue weighted by molar-refractivity contribution is 5.92. The van der Waals surface area contributed by atoms with Gasteiger partial charge in [-0.2, -0.15) is 0 Å². The fourth-order valence-electron chi connectivity index (χ4n) is 3.85. The minimum absolute atomic E-state index is 0.0423. The van der Waals surface area contributed by atoms with Crippen LogP contribution < -0.4 is 5.32 Å². The lowest BCUT2D eigenvalue weighted by Crippen LogP contribution is -2.55. The summed E-state index contributed by atoms with van der Waals surface area (Å²) in [6.07, 6.45) is 2.33. The molecule has 0 aliphatic heterocycles. The largest absolute Gasteiger partial charge is 0.379 e. The summed E-state index contributed by atoms with van der Waals surface area (Å²) >= 11 is 0. The average Bonchev–Trinajstić information content (AvgIpc) is 2.74. The van der Waals surface area contributed by atoms with Crippen molar-refractivity contribution in [3.05, 3.63) is 0 Å². The lowest BCUT2D eigenvalue weighted by atomic mass is 9.92. The summed E-state index contributed by atoms with van der Waals surface area (Å²) in [5.74, 6) is 0.393. The summed E-state index contributed by atoms with van der Waals surface area (Å²) in [5, 5.41) is 3.00. The minimum atomic E-state index is -0.469. The van der Waals surface area contributed by atoms with Crippen molar-refractivity contribution in [2.45, 2.75) is 86.7 Å². The van der Waals surface area contributed by atoms with Gasteiger partial charge in [0.2, 0.25) is 5.91 Å². The smallest absolute Gasteiger partial charge is 0.238 e. The molecule has 7 nitrogen and oxygen atoms in total. The van der Waals surface area contributed by atoms with Gasteiger partial charge in [0.15, 0.2) is 5.78 Å². The van der Waals surface area contributed by atoms with Gasteiger partial charge in [-0.3, -0.25) is 19.3 Å². The van der Waals surface area contributed by atoms with Crippen molar-refractivity contribution in [1.82, 2.24) is 10.2 Å². The van der Waals surface area contributed by atoms with Crippen LogP contribution in [0.15, 0.2) is 0 Å². The van der Waals surface area contributed by atoms with Crippen molar-refractivity contribution in [3.63, 3.8) is 0 Å². The first kappa shape index (κ1) is 31.7. The molecule has 0 aromatic heterocycles. The standard InChI is InChI=1S/C26H50N2O5/c1-10-22(29)21(8)12-11-14-32-16-17-33-15-13-28(9)24(19(4)5)26(31)27-23(18(2)3)25(30)20(6)7/h18-21,23-24H,10-17H2,1-9H3,(H,27,31)/t21?,23-,24-/m0/s1. The number of hydrogen-bond acceptors (Lipinski definition) is 6. The van der Waals surface area contributed by atoms with E-state index in [1.807, 2.05) is 67.3 Å². The van der Waals surface area contributed by atoms with Crippen LogP contribution in [0.3, 0.4) is 0 Å². The number of carbonyl (C=O) groups is 3. The van der Waals surface area contributed by atoms with Crippen molar-refractivity contribution in [2.24, 2.45) is 23.7 Å². The van der Waals surface area contributed by atoms with E-state index in [0.29, 0.717) is 45.2 Å². The molecule has 0 aliphatic rings. The van der Waals surface area contributed by atoms with Crippen LogP contribution in [0.2, 0.25) is 0 Å². The van der Waals surface area contributed by atoms with Crippen molar-refractivity contribution >= 4 is 17.5 Å². The Labute approximate surface area is 202 Å². The Bertz CT molecular complexity index is 577. The summed E-state index contributed by atoms with van der Waals surface area (Å²) in [7, 11) is 1.91. The molecule has 0 aliphatic carbocycles. The first-order valence-electron chi connectivity index (χ1n) is 12.7. The molecule has 33 heavy (non-hydrogen) atoms. The van der Waals surface area contributed by atoms with Gasteiger partial charge in [0.05, 0.1) is 31.9 Å². The maximum absolute atomic E-state index is 13.0. The summed E-state index contributed by atoms with van der Waals surface area (Å²) in [6, 6.07) is -0.803. The molecule has 0 saturated heterocycles. The van der Waals surface area contributed by atoms with Gasteiger partial charge in [0.25, 0.3) is 0 Å². The van der Waals surface area contributed by atoms with E-state index in [9.17, 15) is 14.4 Å². The van der Waals surface area contributed by atoms with Gasteiger partial charge >= 0.3 is 0 Å². The molecule has 194 valence electrons. The lowest BCUT2D eigenvalue weighted by Gasteiger charge is -2.32. The van der Waals surface area contributed by atoms with Crippen LogP contribution in [0.5, 0.6) is 0 Å². The molecule has 1 amide bonds. The molecule has 0 aromatic rings. The van der Waals surface area contributed by atoms with E-state index in [-0.39, 0.29) is 41.4 Å². The molecule has 0 spiro atoms. The highest BCUT2D eigenvalue weighted by Gasteiger charge is 2.32. The van der Waals surface area contributed by atoms with Crippen LogP contribution in [0.4, 0.5) is 0 Å². The third kappa shape index (κ3) is 12.6. The first-order valence-corrected chi connectivity index (χ1v) is 12.7. The van der Waals surface area contributed by atoms with E-state index in [1.165, 1.54) is 0 Å². The zero-order valence-electron chi connectivity index (χ0n) is 22.6. The number of hydrogen-bond donors (Lipinski definition) is 1. The minimum Gasteiger partial charge on any atom is -0.379 e. The number of ether oxygens (including phenoxy) is 2. The van der Waals surface area contributed by atoms with Gasteiger partial charge in [-0.15, -0.1) is 0 Å². The summed E-state index contributed by atoms with van der Waals surface area (Å²) in [5.41, 5.74) is 0. The van der Waals surface area contributed by atoms with E-state index in [1.54, 1.807) is 0 Å². The maximum atomic E-state index is 13.0. The Balaban J connectivity index is 4.35. The molecule has 0 bridgehead atoms. The quantitative estimate of drug-likeness (QED) is 0.290. The lowest BCUT2D eigenvalue weighted by molar-refractivity contribution is -0.134. The summed E-state index contributed by atoms with van der Waals surface area (Å²) in [6.45, 7) is 18.3. The molecule has 0 radical (unpaired) electrons. The second-order valence-electron chi connectivity index (χ2n) is 10.0. The van der Waals surface area contributed by atoms with Crippen LogP contribution >= 0.6 is 0 Å². The number of nitrogens with zero attached hydrogens (tertiary/aromatic N) is 1. The predicted molar refractivity (Wildman–Crippen MR) is 133 cm³/mol. The third-order valence-electron chi connectivity index (χ3n) is 6.00. The first-order chi connectivity index (χ1) is 15.4. The highest BCUT2D eigenvalue weighted by Crippen LogP contribution is 2.14. The van der Waals surface area contributed by atoms with Crippen molar-refractivity contribution in [2.75, 3.05) is 40.0 Å². The van der Waals surface area contributed by atoms with Crippen LogP contribution in [-0.4, -0.2) is 74.5 Å². The Kier molecular flexibility index (Phi) is 16.5. The van der Waals surface area contributed by atoms with E-state index < -0.39 is 6.04 Å². The van der Waals surface area contributed by atoms with Crippen LogP contribution in [0.25, 0.3) is 0 Å². The Morgan fingerprint density at radius 2 is 1.42 bits per heavy atom.